The van der Waals surface area contributed by atoms with Crippen LogP contribution in [0.25, 0.3) is 0 Å². The molecule has 0 atom stereocenters. The van der Waals surface area contributed by atoms with Gasteiger partial charge >= 0.3 is 5.69 Å². The van der Waals surface area contributed by atoms with Crippen molar-refractivity contribution < 1.29 is 9.31 Å². The van der Waals surface area contributed by atoms with E-state index in [0.29, 0.717) is 11.3 Å². The van der Waals surface area contributed by atoms with E-state index in [1.54, 1.807) is 7.05 Å². The largest absolute Gasteiger partial charge is 0.388 e. The SMILES string of the molecule is CNc1ccc([N+](=O)[O-])cc1Cn1cc(F)c(=O)[nH]c1=O. The van der Waals surface area contributed by atoms with E-state index in [1.807, 2.05) is 4.98 Å². The normalized spacial score (nSPS) is 10.4. The lowest BCUT2D eigenvalue weighted by Gasteiger charge is -2.10. The standard InChI is InChI=1S/C12H11FN4O4/c1-14-10-3-2-8(17(20)21)4-7(10)5-16-6-9(13)11(18)15-12(16)19/h2-4,6,14H,5H2,1H3,(H,15,18,19). The van der Waals surface area contributed by atoms with Crippen LogP contribution in [0.2, 0.25) is 0 Å². The molecule has 1 aromatic carbocycles. The van der Waals surface area contributed by atoms with Gasteiger partial charge in [0.1, 0.15) is 0 Å². The number of hydrogen-bond donors (Lipinski definition) is 2. The van der Waals surface area contributed by atoms with Crippen LogP contribution in [0.3, 0.4) is 0 Å². The number of nitrogens with zero attached hydrogens (tertiary/aromatic N) is 2. The summed E-state index contributed by atoms with van der Waals surface area (Å²) in [5.41, 5.74) is -1.08. The summed E-state index contributed by atoms with van der Waals surface area (Å²) < 4.78 is 14.2. The van der Waals surface area contributed by atoms with Crippen molar-refractivity contribution in [3.63, 3.8) is 0 Å². The molecule has 0 spiro atoms. The molecule has 1 aromatic heterocycles. The van der Waals surface area contributed by atoms with E-state index >= 15 is 0 Å². The predicted molar refractivity (Wildman–Crippen MR) is 73.0 cm³/mol. The second-order valence-electron chi connectivity index (χ2n) is 4.21. The Kier molecular flexibility index (Phi) is 3.83. The first kappa shape index (κ1) is 14.4. The van der Waals surface area contributed by atoms with Crippen molar-refractivity contribution in [3.8, 4) is 0 Å². The van der Waals surface area contributed by atoms with Gasteiger partial charge in [-0.25, -0.2) is 4.79 Å². The third-order valence-electron chi connectivity index (χ3n) is 2.88. The number of rotatable bonds is 4. The van der Waals surface area contributed by atoms with Crippen molar-refractivity contribution >= 4 is 11.4 Å². The summed E-state index contributed by atoms with van der Waals surface area (Å²) in [4.78, 5) is 34.6. The average Bonchev–Trinajstić information content (AvgIpc) is 2.44. The molecular weight excluding hydrogens is 283 g/mol. The van der Waals surface area contributed by atoms with Gasteiger partial charge in [0.2, 0.25) is 5.82 Å². The molecule has 0 aliphatic carbocycles. The van der Waals surface area contributed by atoms with Gasteiger partial charge in [0.05, 0.1) is 17.7 Å². The molecule has 2 rings (SSSR count). The summed E-state index contributed by atoms with van der Waals surface area (Å²) in [6.45, 7) is -0.121. The number of non-ortho nitro benzene ring substituents is 1. The molecule has 0 unspecified atom stereocenters. The second kappa shape index (κ2) is 5.57. The fourth-order valence-corrected chi connectivity index (χ4v) is 1.85. The van der Waals surface area contributed by atoms with Crippen LogP contribution in [0.1, 0.15) is 5.56 Å². The van der Waals surface area contributed by atoms with E-state index < -0.39 is 22.0 Å². The minimum Gasteiger partial charge on any atom is -0.388 e. The van der Waals surface area contributed by atoms with Gasteiger partial charge in [-0.2, -0.15) is 4.39 Å². The molecule has 0 aliphatic rings. The summed E-state index contributed by atoms with van der Waals surface area (Å²) in [5, 5.41) is 13.6. The van der Waals surface area contributed by atoms with Gasteiger partial charge in [0.25, 0.3) is 11.2 Å². The van der Waals surface area contributed by atoms with Crippen LogP contribution in [0.5, 0.6) is 0 Å². The van der Waals surface area contributed by atoms with E-state index in [9.17, 15) is 24.1 Å². The van der Waals surface area contributed by atoms with Gasteiger partial charge in [0, 0.05) is 30.4 Å². The third-order valence-corrected chi connectivity index (χ3v) is 2.88. The Hall–Kier alpha value is -2.97. The van der Waals surface area contributed by atoms with Crippen LogP contribution in [-0.2, 0) is 6.54 Å². The quantitative estimate of drug-likeness (QED) is 0.636. The molecule has 8 nitrogen and oxygen atoms in total. The zero-order valence-electron chi connectivity index (χ0n) is 10.9. The summed E-state index contributed by atoms with van der Waals surface area (Å²) in [6, 6.07) is 4.08. The molecule has 0 saturated carbocycles. The topological polar surface area (TPSA) is 110 Å². The molecular formula is C12H11FN4O4. The highest BCUT2D eigenvalue weighted by atomic mass is 19.1. The van der Waals surface area contributed by atoms with Crippen LogP contribution in [0.4, 0.5) is 15.8 Å². The number of halogens is 1. The van der Waals surface area contributed by atoms with E-state index in [0.717, 1.165) is 10.8 Å². The fraction of sp³-hybridized carbons (Fsp3) is 0.167. The molecule has 9 heteroatoms. The Morgan fingerprint density at radius 1 is 1.43 bits per heavy atom. The van der Waals surface area contributed by atoms with E-state index in [4.69, 9.17) is 0 Å². The number of aromatic nitrogens is 2. The highest BCUT2D eigenvalue weighted by Gasteiger charge is 2.12. The van der Waals surface area contributed by atoms with Crippen LogP contribution in [0, 0.1) is 15.9 Å². The van der Waals surface area contributed by atoms with E-state index in [-0.39, 0.29) is 12.2 Å². The first-order valence-electron chi connectivity index (χ1n) is 5.86. The number of aromatic amines is 1. The van der Waals surface area contributed by atoms with Gasteiger partial charge in [-0.1, -0.05) is 0 Å². The summed E-state index contributed by atoms with van der Waals surface area (Å²) >= 11 is 0. The van der Waals surface area contributed by atoms with Gasteiger partial charge in [-0.15, -0.1) is 0 Å². The molecule has 0 radical (unpaired) electrons. The maximum absolute atomic E-state index is 13.2. The van der Waals surface area contributed by atoms with Crippen molar-refractivity contribution in [2.24, 2.45) is 0 Å². The van der Waals surface area contributed by atoms with Gasteiger partial charge < -0.3 is 5.32 Å². The van der Waals surface area contributed by atoms with Crippen molar-refractivity contribution in [1.29, 1.82) is 0 Å². The number of nitrogens with one attached hydrogen (secondary N) is 2. The monoisotopic (exact) mass is 294 g/mol. The Labute approximate surface area is 117 Å². The minimum absolute atomic E-state index is 0.121. The molecule has 2 aromatic rings. The number of hydrogen-bond acceptors (Lipinski definition) is 5. The lowest BCUT2D eigenvalue weighted by molar-refractivity contribution is -0.384. The molecule has 0 bridgehead atoms. The van der Waals surface area contributed by atoms with Crippen molar-refractivity contribution in [3.05, 3.63) is 66.7 Å². The van der Waals surface area contributed by atoms with Crippen LogP contribution >= 0.6 is 0 Å². The highest BCUT2D eigenvalue weighted by molar-refractivity contribution is 5.55. The van der Waals surface area contributed by atoms with Gasteiger partial charge in [-0.3, -0.25) is 24.5 Å². The Morgan fingerprint density at radius 3 is 2.76 bits per heavy atom. The van der Waals surface area contributed by atoms with Crippen molar-refractivity contribution in [2.45, 2.75) is 6.54 Å². The molecule has 0 aliphatic heterocycles. The Bertz CT molecular complexity index is 812. The van der Waals surface area contributed by atoms with Crippen molar-refractivity contribution in [1.82, 2.24) is 9.55 Å². The number of nitro benzene ring substituents is 1. The first-order valence-corrected chi connectivity index (χ1v) is 5.86. The van der Waals surface area contributed by atoms with Crippen LogP contribution < -0.4 is 16.6 Å². The summed E-state index contributed by atoms with van der Waals surface area (Å²) in [6.07, 6.45) is 0.763. The Balaban J connectivity index is 2.50. The molecule has 110 valence electrons. The predicted octanol–water partition coefficient (Wildman–Crippen LogP) is 0.674. The summed E-state index contributed by atoms with van der Waals surface area (Å²) in [5.74, 6) is -1.11. The molecule has 2 N–H and O–H groups in total. The maximum Gasteiger partial charge on any atom is 0.328 e. The fourth-order valence-electron chi connectivity index (χ4n) is 1.85. The number of benzene rings is 1. The minimum atomic E-state index is -1.11. The average molecular weight is 294 g/mol. The van der Waals surface area contributed by atoms with Crippen LogP contribution in [0.15, 0.2) is 34.0 Å². The molecule has 0 amide bonds. The lowest BCUT2D eigenvalue weighted by atomic mass is 10.1. The highest BCUT2D eigenvalue weighted by Crippen LogP contribution is 2.22. The second-order valence-corrected chi connectivity index (χ2v) is 4.21. The first-order chi connectivity index (χ1) is 9.92. The molecule has 0 fully saturated rings. The lowest BCUT2D eigenvalue weighted by Crippen LogP contribution is -2.31. The zero-order valence-corrected chi connectivity index (χ0v) is 10.9. The third kappa shape index (κ3) is 2.96. The number of nitro groups is 1. The smallest absolute Gasteiger partial charge is 0.328 e. The van der Waals surface area contributed by atoms with Gasteiger partial charge in [-0.05, 0) is 6.07 Å². The van der Waals surface area contributed by atoms with E-state index in [2.05, 4.69) is 5.32 Å². The van der Waals surface area contributed by atoms with E-state index in [1.165, 1.54) is 18.2 Å². The zero-order chi connectivity index (χ0) is 15.6. The Morgan fingerprint density at radius 2 is 2.14 bits per heavy atom. The van der Waals surface area contributed by atoms with Gasteiger partial charge in [0.15, 0.2) is 0 Å². The molecule has 0 saturated heterocycles. The molecule has 1 heterocycles. The molecule has 21 heavy (non-hydrogen) atoms. The maximum atomic E-state index is 13.2. The number of anilines is 1. The van der Waals surface area contributed by atoms with Crippen molar-refractivity contribution in [2.75, 3.05) is 12.4 Å². The number of H-pyrrole nitrogens is 1. The van der Waals surface area contributed by atoms with Crippen LogP contribution in [-0.4, -0.2) is 21.5 Å². The summed E-state index contributed by atoms with van der Waals surface area (Å²) in [7, 11) is 1.61.